The van der Waals surface area contributed by atoms with Gasteiger partial charge in [-0.1, -0.05) is 65.8 Å². The highest BCUT2D eigenvalue weighted by Gasteiger charge is 2.15. The molecule has 146 valence electrons. The number of benzene rings is 2. The molecule has 0 aliphatic heterocycles. The van der Waals surface area contributed by atoms with E-state index < -0.39 is 0 Å². The number of carbonyl (C=O) groups excluding carboxylic acids is 1. The van der Waals surface area contributed by atoms with Gasteiger partial charge in [0.05, 0.1) is 23.1 Å². The van der Waals surface area contributed by atoms with Crippen molar-refractivity contribution in [1.29, 1.82) is 0 Å². The van der Waals surface area contributed by atoms with E-state index in [9.17, 15) is 4.79 Å². The van der Waals surface area contributed by atoms with E-state index in [1.165, 1.54) is 11.8 Å². The van der Waals surface area contributed by atoms with Crippen molar-refractivity contribution in [3.8, 4) is 0 Å². The minimum absolute atomic E-state index is 0.149. The topological polar surface area (TPSA) is 69.0 Å². The Morgan fingerprint density at radius 3 is 2.64 bits per heavy atom. The van der Waals surface area contributed by atoms with Gasteiger partial charge in [-0.15, -0.1) is 10.2 Å². The molecule has 0 unspecified atom stereocenters. The molecule has 0 radical (unpaired) electrons. The lowest BCUT2D eigenvalue weighted by molar-refractivity contribution is -0.113. The minimum Gasteiger partial charge on any atom is -0.383 e. The van der Waals surface area contributed by atoms with Crippen LogP contribution in [0.5, 0.6) is 0 Å². The molecule has 8 heteroatoms. The number of amides is 1. The number of rotatable bonds is 9. The molecule has 1 aromatic heterocycles. The number of anilines is 1. The third-order valence-electron chi connectivity index (χ3n) is 4.00. The first-order chi connectivity index (χ1) is 13.7. The van der Waals surface area contributed by atoms with Gasteiger partial charge in [0.25, 0.3) is 0 Å². The van der Waals surface area contributed by atoms with Crippen molar-refractivity contribution in [2.75, 3.05) is 24.8 Å². The van der Waals surface area contributed by atoms with Crippen LogP contribution in [0.3, 0.4) is 0 Å². The quantitative estimate of drug-likeness (QED) is 0.536. The predicted octanol–water partition coefficient (Wildman–Crippen LogP) is 3.90. The van der Waals surface area contributed by atoms with Gasteiger partial charge < -0.3 is 14.6 Å². The van der Waals surface area contributed by atoms with E-state index in [4.69, 9.17) is 16.3 Å². The Kier molecular flexibility index (Phi) is 7.47. The second-order valence-corrected chi connectivity index (χ2v) is 7.37. The molecule has 0 bridgehead atoms. The number of nitrogens with zero attached hydrogens (tertiary/aromatic N) is 3. The highest BCUT2D eigenvalue weighted by Crippen LogP contribution is 2.22. The van der Waals surface area contributed by atoms with Crippen LogP contribution >= 0.6 is 23.4 Å². The third kappa shape index (κ3) is 5.58. The zero-order valence-electron chi connectivity index (χ0n) is 15.5. The molecule has 3 aromatic rings. The molecule has 0 saturated heterocycles. The smallest absolute Gasteiger partial charge is 0.234 e. The fourth-order valence-electron chi connectivity index (χ4n) is 2.62. The van der Waals surface area contributed by atoms with Gasteiger partial charge in [0.1, 0.15) is 5.82 Å². The number of hydrogen-bond donors (Lipinski definition) is 1. The number of aromatic nitrogens is 3. The average Bonchev–Trinajstić information content (AvgIpc) is 3.08. The Morgan fingerprint density at radius 2 is 1.89 bits per heavy atom. The molecule has 0 aliphatic carbocycles. The summed E-state index contributed by atoms with van der Waals surface area (Å²) in [4.78, 5) is 12.3. The van der Waals surface area contributed by atoms with Gasteiger partial charge in [0, 0.05) is 20.1 Å². The lowest BCUT2D eigenvalue weighted by Crippen LogP contribution is -2.15. The van der Waals surface area contributed by atoms with E-state index >= 15 is 0 Å². The van der Waals surface area contributed by atoms with Crippen molar-refractivity contribution in [3.63, 3.8) is 0 Å². The molecule has 0 saturated carbocycles. The monoisotopic (exact) mass is 416 g/mol. The van der Waals surface area contributed by atoms with Crippen LogP contribution in [0.15, 0.2) is 59.8 Å². The Hall–Kier alpha value is -2.35. The third-order valence-corrected chi connectivity index (χ3v) is 5.29. The summed E-state index contributed by atoms with van der Waals surface area (Å²) in [5.74, 6) is 0.906. The number of hydrogen-bond acceptors (Lipinski definition) is 5. The molecule has 0 atom stereocenters. The van der Waals surface area contributed by atoms with E-state index in [1.807, 2.05) is 34.9 Å². The summed E-state index contributed by atoms with van der Waals surface area (Å²) in [6.07, 6.45) is 0.671. The molecular formula is C20H21ClN4O2S. The number of nitrogens with one attached hydrogen (secondary N) is 1. The molecule has 1 N–H and O–H groups in total. The van der Waals surface area contributed by atoms with Crippen LogP contribution in [0.1, 0.15) is 11.4 Å². The maximum absolute atomic E-state index is 12.3. The van der Waals surface area contributed by atoms with Crippen LogP contribution in [0.4, 0.5) is 5.69 Å². The fraction of sp³-hybridized carbons (Fsp3) is 0.250. The van der Waals surface area contributed by atoms with Gasteiger partial charge in [-0.25, -0.2) is 0 Å². The van der Waals surface area contributed by atoms with Gasteiger partial charge in [-0.05, 0) is 17.7 Å². The Bertz CT molecular complexity index is 918. The molecule has 2 aromatic carbocycles. The minimum atomic E-state index is -0.149. The maximum Gasteiger partial charge on any atom is 0.234 e. The van der Waals surface area contributed by atoms with Crippen molar-refractivity contribution >= 4 is 35.0 Å². The molecule has 6 nitrogen and oxygen atoms in total. The fourth-order valence-corrected chi connectivity index (χ4v) is 3.59. The Balaban J connectivity index is 1.67. The molecule has 0 aliphatic rings. The van der Waals surface area contributed by atoms with Gasteiger partial charge in [0.2, 0.25) is 5.91 Å². The first kappa shape index (κ1) is 20.4. The highest BCUT2D eigenvalue weighted by molar-refractivity contribution is 7.99. The molecular weight excluding hydrogens is 396 g/mol. The molecule has 0 fully saturated rings. The first-order valence-corrected chi connectivity index (χ1v) is 10.2. The highest BCUT2D eigenvalue weighted by atomic mass is 35.5. The summed E-state index contributed by atoms with van der Waals surface area (Å²) in [5, 5.41) is 12.6. The summed E-state index contributed by atoms with van der Waals surface area (Å²) in [5.41, 5.74) is 1.75. The number of carbonyl (C=O) groups is 1. The molecule has 0 spiro atoms. The lowest BCUT2D eigenvalue weighted by atomic mass is 10.1. The number of para-hydroxylation sites is 1. The second kappa shape index (κ2) is 10.3. The Labute approximate surface area is 173 Å². The maximum atomic E-state index is 12.3. The van der Waals surface area contributed by atoms with Crippen LogP contribution in [0.2, 0.25) is 5.02 Å². The van der Waals surface area contributed by atoms with E-state index in [2.05, 4.69) is 27.6 Å². The number of ether oxygens (including phenoxy) is 1. The van der Waals surface area contributed by atoms with Crippen LogP contribution in [-0.2, 0) is 22.5 Å². The van der Waals surface area contributed by atoms with E-state index in [0.717, 1.165) is 11.4 Å². The summed E-state index contributed by atoms with van der Waals surface area (Å²) in [7, 11) is 1.66. The number of methoxy groups -OCH3 is 1. The number of thioether (sulfide) groups is 1. The van der Waals surface area contributed by atoms with Crippen LogP contribution in [0.25, 0.3) is 0 Å². The molecule has 3 rings (SSSR count). The largest absolute Gasteiger partial charge is 0.383 e. The first-order valence-electron chi connectivity index (χ1n) is 8.79. The lowest BCUT2D eigenvalue weighted by Gasteiger charge is -2.10. The normalized spacial score (nSPS) is 10.8. The zero-order valence-corrected chi connectivity index (χ0v) is 17.0. The van der Waals surface area contributed by atoms with E-state index in [1.54, 1.807) is 19.2 Å². The van der Waals surface area contributed by atoms with Gasteiger partial charge >= 0.3 is 0 Å². The van der Waals surface area contributed by atoms with Crippen LogP contribution < -0.4 is 5.32 Å². The molecule has 1 amide bonds. The Morgan fingerprint density at radius 1 is 1.14 bits per heavy atom. The molecule has 28 heavy (non-hydrogen) atoms. The zero-order chi connectivity index (χ0) is 19.8. The van der Waals surface area contributed by atoms with E-state index in [0.29, 0.717) is 35.4 Å². The van der Waals surface area contributed by atoms with Crippen LogP contribution in [-0.4, -0.2) is 40.1 Å². The average molecular weight is 417 g/mol. The summed E-state index contributed by atoms with van der Waals surface area (Å²) >= 11 is 7.43. The standard InChI is InChI=1S/C20H21ClN4O2S/c1-27-12-11-25-18(13-15-7-3-2-4-8-15)23-24-20(25)28-14-19(26)22-17-10-6-5-9-16(17)21/h2-10H,11-14H2,1H3,(H,22,26). The van der Waals surface area contributed by atoms with Crippen molar-refractivity contribution in [3.05, 3.63) is 71.0 Å². The van der Waals surface area contributed by atoms with Crippen molar-refractivity contribution in [2.24, 2.45) is 0 Å². The predicted molar refractivity (Wildman–Crippen MR) is 112 cm³/mol. The summed E-state index contributed by atoms with van der Waals surface area (Å²) in [6.45, 7) is 1.17. The number of halogens is 1. The van der Waals surface area contributed by atoms with Crippen molar-refractivity contribution in [2.45, 2.75) is 18.1 Å². The SMILES string of the molecule is COCCn1c(Cc2ccccc2)nnc1SCC(=O)Nc1ccccc1Cl. The van der Waals surface area contributed by atoms with E-state index in [-0.39, 0.29) is 11.7 Å². The van der Waals surface area contributed by atoms with Gasteiger partial charge in [0.15, 0.2) is 5.16 Å². The summed E-state index contributed by atoms with van der Waals surface area (Å²) < 4.78 is 7.22. The van der Waals surface area contributed by atoms with Crippen LogP contribution in [0, 0.1) is 0 Å². The summed E-state index contributed by atoms with van der Waals surface area (Å²) in [6, 6.07) is 17.2. The second-order valence-electron chi connectivity index (χ2n) is 6.02. The van der Waals surface area contributed by atoms with Crippen molar-refractivity contribution in [1.82, 2.24) is 14.8 Å². The van der Waals surface area contributed by atoms with Gasteiger partial charge in [-0.3, -0.25) is 4.79 Å². The van der Waals surface area contributed by atoms with Crippen molar-refractivity contribution < 1.29 is 9.53 Å². The molecule has 1 heterocycles. The van der Waals surface area contributed by atoms with Gasteiger partial charge in [-0.2, -0.15) is 0 Å².